The van der Waals surface area contributed by atoms with Crippen molar-refractivity contribution in [2.24, 2.45) is 0 Å². The van der Waals surface area contributed by atoms with Crippen LogP contribution in [0.4, 0.5) is 11.8 Å². The Labute approximate surface area is 90.6 Å². The molecule has 5 nitrogen and oxygen atoms in total. The van der Waals surface area contributed by atoms with E-state index in [-0.39, 0.29) is 4.90 Å². The van der Waals surface area contributed by atoms with Crippen molar-refractivity contribution in [2.75, 3.05) is 36.7 Å². The number of rotatable bonds is 1. The molecule has 1 aromatic rings. The number of nitrogens with two attached hydrogens (primary N) is 1. The number of morpholine rings is 1. The summed E-state index contributed by atoms with van der Waals surface area (Å²) in [6.45, 7) is -13.1. The van der Waals surface area contributed by atoms with Crippen molar-refractivity contribution in [1.29, 1.82) is 0 Å². The van der Waals surface area contributed by atoms with Gasteiger partial charge in [-0.2, -0.15) is 4.98 Å². The molecular formula is C8H12N4O. The van der Waals surface area contributed by atoms with E-state index in [4.69, 9.17) is 19.4 Å². The van der Waals surface area contributed by atoms with E-state index in [1.54, 1.807) is 0 Å². The minimum absolute atomic E-state index is 0.0120. The van der Waals surface area contributed by atoms with Crippen molar-refractivity contribution in [3.63, 3.8) is 0 Å². The molecule has 0 bridgehead atoms. The van der Waals surface area contributed by atoms with E-state index in [0.29, 0.717) is 0 Å². The van der Waals surface area contributed by atoms with Gasteiger partial charge in [-0.1, -0.05) is 0 Å². The molecule has 0 aliphatic carbocycles. The van der Waals surface area contributed by atoms with Gasteiger partial charge in [0, 0.05) is 19.2 Å². The van der Waals surface area contributed by atoms with E-state index in [9.17, 15) is 0 Å². The summed E-state index contributed by atoms with van der Waals surface area (Å²) in [6.07, 6.45) is -0.744. The first-order valence-electron chi connectivity index (χ1n) is 8.26. The number of hydrogen-bond acceptors (Lipinski definition) is 5. The molecule has 0 unspecified atom stereocenters. The van der Waals surface area contributed by atoms with Gasteiger partial charge in [0.2, 0.25) is 5.95 Å². The van der Waals surface area contributed by atoms with Crippen LogP contribution in [0.15, 0.2) is 12.2 Å². The Bertz CT molecular complexity index is 624. The van der Waals surface area contributed by atoms with Gasteiger partial charge in [-0.3, -0.25) is 0 Å². The number of nitrogens with zero attached hydrogens (tertiary/aromatic N) is 3. The highest BCUT2D eigenvalue weighted by Crippen LogP contribution is 2.11. The molecule has 0 atom stereocenters. The molecule has 2 N–H and O–H groups in total. The summed E-state index contributed by atoms with van der Waals surface area (Å²) in [5.41, 5.74) is 5.33. The molecule has 13 heavy (non-hydrogen) atoms. The summed E-state index contributed by atoms with van der Waals surface area (Å²) in [6, 6.07) is -0.833. The lowest BCUT2D eigenvalue weighted by Gasteiger charge is -2.27. The largest absolute Gasteiger partial charge is 0.378 e. The predicted octanol–water partition coefficient (Wildman–Crippen LogP) is -0.105. The molecule has 5 heteroatoms. The zero-order valence-corrected chi connectivity index (χ0v) is 6.33. The Kier molecular flexibility index (Phi) is 0.706. The summed E-state index contributed by atoms with van der Waals surface area (Å²) in [5.74, 6) is -1.42. The lowest BCUT2D eigenvalue weighted by Crippen LogP contribution is -2.36. The molecule has 0 saturated carbocycles. The van der Waals surface area contributed by atoms with E-state index >= 15 is 0 Å². The summed E-state index contributed by atoms with van der Waals surface area (Å²) < 4.78 is 81.1. The third-order valence-corrected chi connectivity index (χ3v) is 1.19. The van der Waals surface area contributed by atoms with Gasteiger partial charge in [0.25, 0.3) is 0 Å². The predicted molar refractivity (Wildman–Crippen MR) is 49.5 cm³/mol. The third kappa shape index (κ3) is 1.86. The van der Waals surface area contributed by atoms with Gasteiger partial charge in [-0.15, -0.1) is 0 Å². The number of anilines is 2. The molecule has 1 aliphatic rings. The van der Waals surface area contributed by atoms with Crippen LogP contribution >= 0.6 is 0 Å². The Balaban J connectivity index is 2.80. The topological polar surface area (TPSA) is 64.3 Å². The summed E-state index contributed by atoms with van der Waals surface area (Å²) in [4.78, 5) is 6.84. The summed E-state index contributed by atoms with van der Waals surface area (Å²) in [7, 11) is 0. The maximum Gasteiger partial charge on any atom is 0.221 e. The van der Waals surface area contributed by atoms with Crippen LogP contribution in [-0.2, 0) is 4.74 Å². The molecule has 1 aromatic heterocycles. The molecule has 0 spiro atoms. The van der Waals surface area contributed by atoms with E-state index in [1.807, 2.05) is 0 Å². The molecule has 1 saturated heterocycles. The van der Waals surface area contributed by atoms with E-state index < -0.39 is 50.1 Å². The molecular weight excluding hydrogens is 168 g/mol. The molecule has 0 amide bonds. The van der Waals surface area contributed by atoms with Crippen LogP contribution in [0.1, 0.15) is 13.7 Å². The standard InChI is InChI=1S/C8H12N4O/c9-8-10-2-1-7(11-8)12-3-5-13-6-4-12/h1-2H,3-6H2,(H2,9,10,11)/i1D,2D,3D2,4D2,5D2,6D2. The van der Waals surface area contributed by atoms with Crippen molar-refractivity contribution < 1.29 is 18.4 Å². The number of ether oxygens (including phenoxy) is 1. The maximum absolute atomic E-state index is 7.83. The van der Waals surface area contributed by atoms with E-state index in [2.05, 4.69) is 14.7 Å². The fourth-order valence-corrected chi connectivity index (χ4v) is 0.699. The van der Waals surface area contributed by atoms with Gasteiger partial charge < -0.3 is 15.4 Å². The fraction of sp³-hybridized carbons (Fsp3) is 0.500. The van der Waals surface area contributed by atoms with Crippen molar-refractivity contribution in [3.05, 3.63) is 12.2 Å². The second kappa shape index (κ2) is 3.57. The molecule has 1 aliphatic heterocycles. The summed E-state index contributed by atoms with van der Waals surface area (Å²) >= 11 is 0. The Morgan fingerprint density at radius 1 is 1.62 bits per heavy atom. The van der Waals surface area contributed by atoms with Crippen molar-refractivity contribution in [3.8, 4) is 0 Å². The number of aromatic nitrogens is 2. The van der Waals surface area contributed by atoms with E-state index in [0.717, 1.165) is 0 Å². The lowest BCUT2D eigenvalue weighted by atomic mass is 10.4. The van der Waals surface area contributed by atoms with Crippen LogP contribution < -0.4 is 10.6 Å². The zero-order chi connectivity index (χ0) is 18.0. The lowest BCUT2D eigenvalue weighted by molar-refractivity contribution is 0.122. The average Bonchev–Trinajstić information content (AvgIpc) is 2.31. The number of nitrogen functional groups attached to an aromatic ring is 1. The van der Waals surface area contributed by atoms with Crippen molar-refractivity contribution >= 4 is 11.8 Å². The Morgan fingerprint density at radius 2 is 2.38 bits per heavy atom. The highest BCUT2D eigenvalue weighted by Gasteiger charge is 2.11. The average molecular weight is 190 g/mol. The SMILES string of the molecule is [2H]c1nc(N)nc(N2C([2H])([2H])C([2H])([2H])OC([2H])([2H])C2([2H])[2H])c1[2H]. The first-order chi connectivity index (χ1) is 10.1. The fourth-order valence-electron chi connectivity index (χ4n) is 0.699. The summed E-state index contributed by atoms with van der Waals surface area (Å²) in [5, 5.41) is 0. The van der Waals surface area contributed by atoms with Gasteiger partial charge in [-0.05, 0) is 6.04 Å². The van der Waals surface area contributed by atoms with Crippen LogP contribution in [0.3, 0.4) is 0 Å². The van der Waals surface area contributed by atoms with Crippen LogP contribution in [0.2, 0.25) is 0 Å². The smallest absolute Gasteiger partial charge is 0.221 e. The van der Waals surface area contributed by atoms with E-state index in [1.165, 1.54) is 0 Å². The van der Waals surface area contributed by atoms with Gasteiger partial charge in [0.05, 0.1) is 26.8 Å². The quantitative estimate of drug-likeness (QED) is 0.669. The highest BCUT2D eigenvalue weighted by atomic mass is 16.5. The monoisotopic (exact) mass is 190 g/mol. The zero-order valence-electron chi connectivity index (χ0n) is 16.3. The highest BCUT2D eigenvalue weighted by molar-refractivity contribution is 5.41. The van der Waals surface area contributed by atoms with Crippen LogP contribution in [0, 0.1) is 0 Å². The van der Waals surface area contributed by atoms with Gasteiger partial charge >= 0.3 is 0 Å². The number of hydrogen-bond donors (Lipinski definition) is 1. The first-order valence-corrected chi connectivity index (χ1v) is 3.26. The van der Waals surface area contributed by atoms with Crippen molar-refractivity contribution in [2.45, 2.75) is 0 Å². The minimum Gasteiger partial charge on any atom is -0.378 e. The molecule has 70 valence electrons. The Morgan fingerprint density at radius 3 is 3.15 bits per heavy atom. The molecule has 2 rings (SSSR count). The minimum atomic E-state index is -3.28. The molecule has 2 heterocycles. The molecule has 1 fully saturated rings. The van der Waals surface area contributed by atoms with Crippen LogP contribution in [0.5, 0.6) is 0 Å². The normalized spacial score (nSPS) is 44.2. The van der Waals surface area contributed by atoms with Gasteiger partial charge in [0.15, 0.2) is 0 Å². The van der Waals surface area contributed by atoms with Gasteiger partial charge in [-0.25, -0.2) is 4.98 Å². The third-order valence-electron chi connectivity index (χ3n) is 1.19. The van der Waals surface area contributed by atoms with Gasteiger partial charge in [0.1, 0.15) is 5.82 Å². The van der Waals surface area contributed by atoms with Crippen LogP contribution in [-0.4, -0.2) is 36.1 Å². The first kappa shape index (κ1) is 2.57. The molecule has 0 radical (unpaired) electrons. The maximum atomic E-state index is 7.83. The second-order valence-electron chi connectivity index (χ2n) is 2.01. The van der Waals surface area contributed by atoms with Crippen molar-refractivity contribution in [1.82, 2.24) is 9.97 Å². The molecule has 0 aromatic carbocycles. The van der Waals surface area contributed by atoms with Crippen LogP contribution in [0.25, 0.3) is 0 Å². The Hall–Kier alpha value is -1.36. The second-order valence-corrected chi connectivity index (χ2v) is 2.01.